The predicted octanol–water partition coefficient (Wildman–Crippen LogP) is 21.2. The second-order valence-corrected chi connectivity index (χ2v) is 19.7. The van der Waals surface area contributed by atoms with E-state index in [1.807, 2.05) is 0 Å². The molecule has 0 aliphatic heterocycles. The van der Waals surface area contributed by atoms with Crippen LogP contribution in [0, 0.1) is 0 Å². The van der Waals surface area contributed by atoms with E-state index in [9.17, 15) is 0 Å². The fraction of sp³-hybridized carbons (Fsp3) is 0. The second-order valence-electron chi connectivity index (χ2n) is 19.7. The standard InChI is InChI=1S/C74H50N2O/c1-4-18-51(19-5-1)56-25-14-28-63(47-56)75(62-42-38-55(39-43-62)69-33-17-35-71-73(69)74-68-32-11-10-24-54(68)41-45-72(74)77-71)64-29-16-27-61(50-64)67-31-12-13-34-70(67)76(65-30-15-26-57(48-65)52-20-6-2-7-21-52)66-44-40-59-46-58(36-37-60(59)49-66)53-22-8-3-9-23-53/h1-50H. The van der Waals surface area contributed by atoms with E-state index in [-0.39, 0.29) is 0 Å². The average molecular weight is 983 g/mol. The molecule has 0 bridgehead atoms. The molecule has 3 heteroatoms. The number of hydrogen-bond acceptors (Lipinski definition) is 3. The first-order valence-electron chi connectivity index (χ1n) is 26.3. The average Bonchev–Trinajstić information content (AvgIpc) is 4.02. The molecule has 0 unspecified atom stereocenters. The summed E-state index contributed by atoms with van der Waals surface area (Å²) in [6, 6.07) is 109. The lowest BCUT2D eigenvalue weighted by Crippen LogP contribution is -2.12. The third kappa shape index (κ3) is 8.56. The van der Waals surface area contributed by atoms with Crippen molar-refractivity contribution in [2.24, 2.45) is 0 Å². The fourth-order valence-corrected chi connectivity index (χ4v) is 11.3. The summed E-state index contributed by atoms with van der Waals surface area (Å²) in [5, 5.41) is 7.04. The number of hydrogen-bond donors (Lipinski definition) is 0. The highest BCUT2D eigenvalue weighted by atomic mass is 16.3. The van der Waals surface area contributed by atoms with Gasteiger partial charge >= 0.3 is 0 Å². The second kappa shape index (κ2) is 19.6. The van der Waals surface area contributed by atoms with E-state index in [4.69, 9.17) is 4.42 Å². The Hall–Kier alpha value is -10.2. The number of para-hydroxylation sites is 1. The van der Waals surface area contributed by atoms with Crippen molar-refractivity contribution in [3.63, 3.8) is 0 Å². The zero-order valence-electron chi connectivity index (χ0n) is 42.2. The highest BCUT2D eigenvalue weighted by Gasteiger charge is 2.22. The van der Waals surface area contributed by atoms with Gasteiger partial charge in [0.25, 0.3) is 0 Å². The minimum Gasteiger partial charge on any atom is -0.456 e. The Morgan fingerprint density at radius 1 is 0.221 bits per heavy atom. The fourth-order valence-electron chi connectivity index (χ4n) is 11.3. The van der Waals surface area contributed by atoms with E-state index in [2.05, 4.69) is 313 Å². The maximum Gasteiger partial charge on any atom is 0.136 e. The van der Waals surface area contributed by atoms with E-state index < -0.39 is 0 Å². The van der Waals surface area contributed by atoms with Gasteiger partial charge in [-0.05, 0) is 157 Å². The molecule has 14 aromatic rings. The number of nitrogens with zero attached hydrogens (tertiary/aromatic N) is 2. The Bertz CT molecular complexity index is 4450. The van der Waals surface area contributed by atoms with Crippen LogP contribution in [0.4, 0.5) is 34.1 Å². The summed E-state index contributed by atoms with van der Waals surface area (Å²) >= 11 is 0. The smallest absolute Gasteiger partial charge is 0.136 e. The Morgan fingerprint density at radius 3 is 1.36 bits per heavy atom. The minimum absolute atomic E-state index is 0.884. The highest BCUT2D eigenvalue weighted by Crippen LogP contribution is 2.46. The number of benzene rings is 13. The molecule has 1 aromatic heterocycles. The van der Waals surface area contributed by atoms with Crippen LogP contribution in [0.5, 0.6) is 0 Å². The number of furan rings is 1. The molecule has 1 heterocycles. The summed E-state index contributed by atoms with van der Waals surface area (Å²) in [5.74, 6) is 0. The van der Waals surface area contributed by atoms with Gasteiger partial charge in [-0.15, -0.1) is 0 Å². The molecule has 0 N–H and O–H groups in total. The number of rotatable bonds is 11. The van der Waals surface area contributed by atoms with Crippen LogP contribution in [0.2, 0.25) is 0 Å². The molecule has 0 atom stereocenters. The zero-order valence-corrected chi connectivity index (χ0v) is 42.2. The molecule has 0 radical (unpaired) electrons. The largest absolute Gasteiger partial charge is 0.456 e. The molecular weight excluding hydrogens is 933 g/mol. The van der Waals surface area contributed by atoms with Crippen LogP contribution in [-0.2, 0) is 0 Å². The Balaban J connectivity index is 0.903. The molecule has 0 spiro atoms. The van der Waals surface area contributed by atoms with Gasteiger partial charge in [-0.25, -0.2) is 0 Å². The van der Waals surface area contributed by atoms with Crippen molar-refractivity contribution in [3.8, 4) is 55.6 Å². The topological polar surface area (TPSA) is 19.6 Å². The van der Waals surface area contributed by atoms with Gasteiger partial charge in [0.15, 0.2) is 0 Å². The van der Waals surface area contributed by atoms with Crippen molar-refractivity contribution in [2.75, 3.05) is 9.80 Å². The molecule has 3 nitrogen and oxygen atoms in total. The summed E-state index contributed by atoms with van der Waals surface area (Å²) in [6.07, 6.45) is 0. The van der Waals surface area contributed by atoms with Gasteiger partial charge in [-0.1, -0.05) is 218 Å². The first kappa shape index (κ1) is 45.4. The lowest BCUT2D eigenvalue weighted by molar-refractivity contribution is 0.669. The quantitative estimate of drug-likeness (QED) is 0.129. The first-order chi connectivity index (χ1) is 38.2. The van der Waals surface area contributed by atoms with Crippen LogP contribution < -0.4 is 9.80 Å². The van der Waals surface area contributed by atoms with Crippen LogP contribution in [-0.4, -0.2) is 0 Å². The van der Waals surface area contributed by atoms with Crippen LogP contribution in [0.25, 0.3) is 99.1 Å². The summed E-state index contributed by atoms with van der Waals surface area (Å²) in [5.41, 5.74) is 19.7. The summed E-state index contributed by atoms with van der Waals surface area (Å²) in [6.45, 7) is 0. The van der Waals surface area contributed by atoms with Gasteiger partial charge in [0, 0.05) is 44.8 Å². The van der Waals surface area contributed by atoms with Crippen LogP contribution in [0.15, 0.2) is 308 Å². The van der Waals surface area contributed by atoms with Crippen molar-refractivity contribution in [1.82, 2.24) is 0 Å². The zero-order chi connectivity index (χ0) is 51.1. The van der Waals surface area contributed by atoms with Crippen molar-refractivity contribution in [3.05, 3.63) is 303 Å². The lowest BCUT2D eigenvalue weighted by Gasteiger charge is -2.29. The summed E-state index contributed by atoms with van der Waals surface area (Å²) < 4.78 is 6.52. The van der Waals surface area contributed by atoms with Gasteiger partial charge < -0.3 is 14.2 Å². The molecular formula is C74H50N2O. The first-order valence-corrected chi connectivity index (χ1v) is 26.3. The molecule has 0 aliphatic carbocycles. The van der Waals surface area contributed by atoms with E-state index in [1.165, 1.54) is 43.8 Å². The molecule has 77 heavy (non-hydrogen) atoms. The highest BCUT2D eigenvalue weighted by molar-refractivity contribution is 6.22. The van der Waals surface area contributed by atoms with Crippen molar-refractivity contribution in [1.29, 1.82) is 0 Å². The van der Waals surface area contributed by atoms with Crippen LogP contribution in [0.3, 0.4) is 0 Å². The predicted molar refractivity (Wildman–Crippen MR) is 325 cm³/mol. The van der Waals surface area contributed by atoms with Crippen LogP contribution in [0.1, 0.15) is 0 Å². The van der Waals surface area contributed by atoms with Gasteiger partial charge in [0.2, 0.25) is 0 Å². The van der Waals surface area contributed by atoms with Crippen molar-refractivity contribution in [2.45, 2.75) is 0 Å². The Kier molecular flexibility index (Phi) is 11.5. The van der Waals surface area contributed by atoms with E-state index in [1.54, 1.807) is 0 Å². The lowest BCUT2D eigenvalue weighted by atomic mass is 9.96. The normalized spacial score (nSPS) is 11.4. The molecule has 13 aromatic carbocycles. The van der Waals surface area contributed by atoms with E-state index in [0.29, 0.717) is 0 Å². The SMILES string of the molecule is c1ccc(-c2cccc(N(c3ccc(-c4cccc5oc6ccc7ccccc7c6c45)cc3)c3cccc(-c4ccccc4N(c4cccc(-c5ccccc5)c4)c4ccc5cc(-c6ccccc6)ccc5c4)c3)c2)cc1. The maximum atomic E-state index is 6.52. The van der Waals surface area contributed by atoms with Crippen LogP contribution >= 0.6 is 0 Å². The molecule has 0 saturated heterocycles. The molecule has 0 amide bonds. The maximum absolute atomic E-state index is 6.52. The van der Waals surface area contributed by atoms with E-state index >= 15 is 0 Å². The molecule has 14 rings (SSSR count). The molecule has 0 fully saturated rings. The third-order valence-corrected chi connectivity index (χ3v) is 15.0. The molecule has 362 valence electrons. The van der Waals surface area contributed by atoms with E-state index in [0.717, 1.165) is 89.4 Å². The number of anilines is 6. The Morgan fingerprint density at radius 2 is 0.675 bits per heavy atom. The summed E-state index contributed by atoms with van der Waals surface area (Å²) in [4.78, 5) is 4.81. The molecule has 0 saturated carbocycles. The van der Waals surface area contributed by atoms with Gasteiger partial charge in [-0.2, -0.15) is 0 Å². The van der Waals surface area contributed by atoms with Gasteiger partial charge in [0.1, 0.15) is 11.2 Å². The van der Waals surface area contributed by atoms with Gasteiger partial charge in [-0.3, -0.25) is 0 Å². The monoisotopic (exact) mass is 982 g/mol. The minimum atomic E-state index is 0.884. The third-order valence-electron chi connectivity index (χ3n) is 15.0. The van der Waals surface area contributed by atoms with Gasteiger partial charge in [0.05, 0.1) is 5.69 Å². The van der Waals surface area contributed by atoms with Crippen molar-refractivity contribution >= 4 is 77.6 Å². The summed E-state index contributed by atoms with van der Waals surface area (Å²) in [7, 11) is 0. The Labute approximate surface area is 448 Å². The molecule has 0 aliphatic rings. The van der Waals surface area contributed by atoms with Crippen molar-refractivity contribution < 1.29 is 4.42 Å². The number of fused-ring (bicyclic) bond motifs is 6.